The predicted octanol–water partition coefficient (Wildman–Crippen LogP) is 5.56. The van der Waals surface area contributed by atoms with Crippen LogP contribution in [-0.4, -0.2) is 5.17 Å². The minimum atomic E-state index is 0.437. The fraction of sp³-hybridized carbons (Fsp3) is 0.118. The zero-order valence-corrected chi connectivity index (χ0v) is 12.7. The first-order valence-electron chi connectivity index (χ1n) is 6.39. The molecule has 0 heterocycles. The van der Waals surface area contributed by atoms with E-state index in [4.69, 9.17) is 23.2 Å². The van der Waals surface area contributed by atoms with Crippen LogP contribution in [0.5, 0.6) is 0 Å². The average Bonchev–Trinajstić information content (AvgIpc) is 2.47. The number of hydrogen-bond donors (Lipinski definition) is 0. The standard InChI is InChI=1S/C17H15Cl2N/c1-3-13-8-4-5-10-15(13)17(19)20-12(2)14-9-6-7-11-16(14)18/h4-11H,2-3H2,1H3. The van der Waals surface area contributed by atoms with Crippen LogP contribution < -0.4 is 0 Å². The molecule has 0 saturated carbocycles. The van der Waals surface area contributed by atoms with E-state index in [9.17, 15) is 0 Å². The van der Waals surface area contributed by atoms with Gasteiger partial charge in [-0.3, -0.25) is 0 Å². The molecule has 0 amide bonds. The SMILES string of the molecule is C=C(N=C(Cl)c1ccccc1CC)c1ccccc1Cl. The topological polar surface area (TPSA) is 12.4 Å². The Kier molecular flexibility index (Phi) is 4.99. The summed E-state index contributed by atoms with van der Waals surface area (Å²) in [4.78, 5) is 4.39. The van der Waals surface area contributed by atoms with Crippen molar-refractivity contribution in [2.75, 3.05) is 0 Å². The number of halogens is 2. The Bertz CT molecular complexity index is 660. The van der Waals surface area contributed by atoms with E-state index in [1.54, 1.807) is 0 Å². The van der Waals surface area contributed by atoms with Crippen molar-refractivity contribution in [3.05, 3.63) is 76.8 Å². The lowest BCUT2D eigenvalue weighted by atomic mass is 10.1. The van der Waals surface area contributed by atoms with Gasteiger partial charge in [0.15, 0.2) is 0 Å². The normalized spacial score (nSPS) is 11.4. The lowest BCUT2D eigenvalue weighted by Crippen LogP contribution is -1.98. The van der Waals surface area contributed by atoms with Crippen LogP contribution in [0, 0.1) is 0 Å². The lowest BCUT2D eigenvalue weighted by molar-refractivity contribution is 1.13. The van der Waals surface area contributed by atoms with Gasteiger partial charge in [-0.15, -0.1) is 0 Å². The number of aryl methyl sites for hydroxylation is 1. The molecule has 0 spiro atoms. The Balaban J connectivity index is 2.35. The molecule has 0 aromatic heterocycles. The minimum Gasteiger partial charge on any atom is -0.236 e. The monoisotopic (exact) mass is 303 g/mol. The van der Waals surface area contributed by atoms with Crippen LogP contribution in [0.1, 0.15) is 23.6 Å². The molecule has 2 aromatic carbocycles. The first-order chi connectivity index (χ1) is 9.63. The van der Waals surface area contributed by atoms with Crippen molar-refractivity contribution < 1.29 is 0 Å². The second kappa shape index (κ2) is 6.74. The van der Waals surface area contributed by atoms with Crippen molar-refractivity contribution in [2.24, 2.45) is 4.99 Å². The fourth-order valence-electron chi connectivity index (χ4n) is 1.96. The van der Waals surface area contributed by atoms with Gasteiger partial charge in [0.05, 0.1) is 5.70 Å². The number of nitrogens with zero attached hydrogens (tertiary/aromatic N) is 1. The van der Waals surface area contributed by atoms with Gasteiger partial charge < -0.3 is 0 Å². The van der Waals surface area contributed by atoms with Crippen LogP contribution in [0.4, 0.5) is 0 Å². The number of aliphatic imine (C=N–C) groups is 1. The Morgan fingerprint density at radius 3 is 2.30 bits per heavy atom. The molecule has 0 fully saturated rings. The van der Waals surface area contributed by atoms with Gasteiger partial charge in [-0.2, -0.15) is 0 Å². The fourth-order valence-corrected chi connectivity index (χ4v) is 2.50. The van der Waals surface area contributed by atoms with Gasteiger partial charge >= 0.3 is 0 Å². The number of hydrogen-bond acceptors (Lipinski definition) is 1. The molecule has 0 aliphatic rings. The van der Waals surface area contributed by atoms with E-state index in [2.05, 4.69) is 18.5 Å². The Morgan fingerprint density at radius 1 is 1.05 bits per heavy atom. The molecular formula is C17H15Cl2N. The van der Waals surface area contributed by atoms with Crippen molar-refractivity contribution in [3.8, 4) is 0 Å². The maximum atomic E-state index is 6.33. The molecule has 0 aliphatic heterocycles. The maximum absolute atomic E-state index is 6.33. The van der Waals surface area contributed by atoms with Gasteiger partial charge in [-0.25, -0.2) is 4.99 Å². The molecule has 102 valence electrons. The van der Waals surface area contributed by atoms with Crippen LogP contribution in [0.25, 0.3) is 5.70 Å². The number of benzene rings is 2. The predicted molar refractivity (Wildman–Crippen MR) is 88.7 cm³/mol. The first-order valence-corrected chi connectivity index (χ1v) is 7.15. The summed E-state index contributed by atoms with van der Waals surface area (Å²) in [5.41, 5.74) is 3.45. The Labute approximate surface area is 129 Å². The summed E-state index contributed by atoms with van der Waals surface area (Å²) in [5.74, 6) is 0. The molecule has 0 aliphatic carbocycles. The van der Waals surface area contributed by atoms with Gasteiger partial charge in [0.25, 0.3) is 0 Å². The summed E-state index contributed by atoms with van der Waals surface area (Å²) in [6, 6.07) is 15.4. The highest BCUT2D eigenvalue weighted by Crippen LogP contribution is 2.25. The molecule has 0 unspecified atom stereocenters. The van der Waals surface area contributed by atoms with E-state index < -0.39 is 0 Å². The van der Waals surface area contributed by atoms with Crippen molar-refractivity contribution in [3.63, 3.8) is 0 Å². The largest absolute Gasteiger partial charge is 0.236 e. The first kappa shape index (κ1) is 14.8. The molecule has 0 N–H and O–H groups in total. The lowest BCUT2D eigenvalue weighted by Gasteiger charge is -2.07. The van der Waals surface area contributed by atoms with Crippen LogP contribution in [0.3, 0.4) is 0 Å². The Morgan fingerprint density at radius 2 is 1.65 bits per heavy atom. The van der Waals surface area contributed by atoms with Crippen LogP contribution in [0.15, 0.2) is 60.1 Å². The van der Waals surface area contributed by atoms with Crippen molar-refractivity contribution in [1.29, 1.82) is 0 Å². The summed E-state index contributed by atoms with van der Waals surface area (Å²) < 4.78 is 0. The smallest absolute Gasteiger partial charge is 0.137 e. The van der Waals surface area contributed by atoms with Crippen LogP contribution in [-0.2, 0) is 6.42 Å². The molecule has 0 atom stereocenters. The highest BCUT2D eigenvalue weighted by atomic mass is 35.5. The van der Waals surface area contributed by atoms with Gasteiger partial charge in [-0.05, 0) is 18.1 Å². The van der Waals surface area contributed by atoms with E-state index in [1.165, 1.54) is 0 Å². The van der Waals surface area contributed by atoms with E-state index in [-0.39, 0.29) is 0 Å². The van der Waals surface area contributed by atoms with E-state index >= 15 is 0 Å². The third-order valence-corrected chi connectivity index (χ3v) is 3.66. The zero-order chi connectivity index (χ0) is 14.5. The second-order valence-corrected chi connectivity index (χ2v) is 5.11. The summed E-state index contributed by atoms with van der Waals surface area (Å²) in [5, 5.41) is 1.06. The highest BCUT2D eigenvalue weighted by molar-refractivity contribution is 6.70. The summed E-state index contributed by atoms with van der Waals surface area (Å²) >= 11 is 12.5. The second-order valence-electron chi connectivity index (χ2n) is 4.34. The quantitative estimate of drug-likeness (QED) is 0.656. The minimum absolute atomic E-state index is 0.437. The van der Waals surface area contributed by atoms with Crippen LogP contribution in [0.2, 0.25) is 5.02 Å². The van der Waals surface area contributed by atoms with Gasteiger partial charge in [0, 0.05) is 16.1 Å². The van der Waals surface area contributed by atoms with Gasteiger partial charge in [0.1, 0.15) is 5.17 Å². The molecular weight excluding hydrogens is 289 g/mol. The zero-order valence-electron chi connectivity index (χ0n) is 11.2. The van der Waals surface area contributed by atoms with Crippen molar-refractivity contribution in [1.82, 2.24) is 0 Å². The molecule has 1 nitrogen and oxygen atoms in total. The van der Waals surface area contributed by atoms with E-state index in [0.717, 1.165) is 23.1 Å². The molecule has 0 saturated heterocycles. The van der Waals surface area contributed by atoms with Gasteiger partial charge in [-0.1, -0.05) is 79.2 Å². The highest BCUT2D eigenvalue weighted by Gasteiger charge is 2.08. The third kappa shape index (κ3) is 3.30. The summed E-state index contributed by atoms with van der Waals surface area (Å²) in [6.45, 7) is 6.04. The molecule has 0 radical (unpaired) electrons. The Hall–Kier alpha value is -1.57. The molecule has 3 heteroatoms. The summed E-state index contributed by atoms with van der Waals surface area (Å²) in [7, 11) is 0. The molecule has 2 aromatic rings. The summed E-state index contributed by atoms with van der Waals surface area (Å²) in [6.07, 6.45) is 0.903. The molecule has 20 heavy (non-hydrogen) atoms. The van der Waals surface area contributed by atoms with Crippen molar-refractivity contribution >= 4 is 34.1 Å². The van der Waals surface area contributed by atoms with E-state index in [1.807, 2.05) is 48.5 Å². The van der Waals surface area contributed by atoms with E-state index in [0.29, 0.717) is 15.9 Å². The molecule has 2 rings (SSSR count). The van der Waals surface area contributed by atoms with Crippen molar-refractivity contribution in [2.45, 2.75) is 13.3 Å². The maximum Gasteiger partial charge on any atom is 0.137 e. The average molecular weight is 304 g/mol. The van der Waals surface area contributed by atoms with Gasteiger partial charge in [0.2, 0.25) is 0 Å². The third-order valence-electron chi connectivity index (χ3n) is 3.04. The molecule has 0 bridgehead atoms. The number of rotatable bonds is 4. The van der Waals surface area contributed by atoms with Crippen LogP contribution >= 0.6 is 23.2 Å².